The number of halogens is 2. The van der Waals surface area contributed by atoms with E-state index in [4.69, 9.17) is 42.4 Å². The molecule has 3 saturated heterocycles. The van der Waals surface area contributed by atoms with Gasteiger partial charge < -0.3 is 44.1 Å². The second-order valence-electron chi connectivity index (χ2n) is 20.0. The minimum Gasteiger partial charge on any atom is -0.457 e. The van der Waals surface area contributed by atoms with Crippen molar-refractivity contribution >= 4 is 52.7 Å². The van der Waals surface area contributed by atoms with E-state index in [-0.39, 0.29) is 57.3 Å². The lowest BCUT2D eigenvalue weighted by atomic mass is 9.91. The molecule has 5 amide bonds. The van der Waals surface area contributed by atoms with E-state index in [9.17, 15) is 14.4 Å². The largest absolute Gasteiger partial charge is 0.457 e. The third-order valence-electron chi connectivity index (χ3n) is 14.8. The highest BCUT2D eigenvalue weighted by Gasteiger charge is 2.39. The number of aromatic nitrogens is 2. The molecule has 75 heavy (non-hydrogen) atoms. The summed E-state index contributed by atoms with van der Waals surface area (Å²) in [7, 11) is 6.74. The van der Waals surface area contributed by atoms with E-state index >= 15 is 9.59 Å². The van der Waals surface area contributed by atoms with Crippen molar-refractivity contribution in [3.63, 3.8) is 0 Å². The summed E-state index contributed by atoms with van der Waals surface area (Å²) >= 11 is 12.9. The zero-order chi connectivity index (χ0) is 53.2. The van der Waals surface area contributed by atoms with Crippen LogP contribution in [0, 0.1) is 5.92 Å². The lowest BCUT2D eigenvalue weighted by Gasteiger charge is -2.40. The van der Waals surface area contributed by atoms with Crippen molar-refractivity contribution in [2.24, 2.45) is 13.0 Å². The number of imidazole rings is 1. The van der Waals surface area contributed by atoms with Crippen molar-refractivity contribution in [2.75, 3.05) is 54.1 Å². The Balaban J connectivity index is 1.13. The normalized spacial score (nSPS) is 22.9. The SMILES string of the molecule is COC[C@@H]1NC(=O)[C@H](C)N(Cc2ccc(Cl)cc2Oc2ccc(-c3cnc(CN4CCCC4)n3C)cc2)C(=O)C[C@@H](Cc2ccccc2)C(=O)N(C)[C@H]2CCOC[C@@H]2NC(=O)C[C@H](Cc2ccc(Cl)cc2)N(C)C1=O. The average Bonchev–Trinajstić information content (AvgIpc) is 4.07. The Bertz CT molecular complexity index is 2770. The first-order chi connectivity index (χ1) is 36.1. The molecule has 4 aromatic carbocycles. The number of nitrogens with zero attached hydrogens (tertiary/aromatic N) is 6. The van der Waals surface area contributed by atoms with Gasteiger partial charge in [0, 0.05) is 74.9 Å². The molecule has 4 heterocycles. The van der Waals surface area contributed by atoms with Gasteiger partial charge in [-0.05, 0) is 112 Å². The van der Waals surface area contributed by atoms with Gasteiger partial charge in [0.25, 0.3) is 0 Å². The first kappa shape index (κ1) is 54.9. The topological polar surface area (TPSA) is 168 Å². The molecular weight excluding hydrogens is 996 g/mol. The van der Waals surface area contributed by atoms with E-state index < -0.39 is 53.8 Å². The van der Waals surface area contributed by atoms with Crippen LogP contribution in [0.4, 0.5) is 0 Å². The van der Waals surface area contributed by atoms with Crippen molar-refractivity contribution in [3.05, 3.63) is 136 Å². The Morgan fingerprint density at radius 2 is 1.48 bits per heavy atom. The molecule has 2 N–H and O–H groups in total. The highest BCUT2D eigenvalue weighted by Crippen LogP contribution is 2.33. The first-order valence-corrected chi connectivity index (χ1v) is 26.5. The highest BCUT2D eigenvalue weighted by atomic mass is 35.5. The number of carbonyl (C=O) groups excluding carboxylic acids is 5. The van der Waals surface area contributed by atoms with E-state index in [1.165, 1.54) is 29.8 Å². The van der Waals surface area contributed by atoms with Crippen molar-refractivity contribution in [3.8, 4) is 22.8 Å². The Morgan fingerprint density at radius 3 is 2.20 bits per heavy atom. The molecule has 3 aliphatic rings. The van der Waals surface area contributed by atoms with E-state index in [2.05, 4.69) is 20.1 Å². The quantitative estimate of drug-likeness (QED) is 0.124. The molecule has 18 heteroatoms. The second kappa shape index (κ2) is 25.5. The van der Waals surface area contributed by atoms with Gasteiger partial charge in [-0.1, -0.05) is 71.7 Å². The van der Waals surface area contributed by atoms with Crippen molar-refractivity contribution in [2.45, 2.75) is 95.2 Å². The summed E-state index contributed by atoms with van der Waals surface area (Å²) in [4.78, 5) is 85.4. The molecule has 0 spiro atoms. The molecular formula is C57H68Cl2N8O8. The summed E-state index contributed by atoms with van der Waals surface area (Å²) in [6, 6.07) is 25.2. The summed E-state index contributed by atoms with van der Waals surface area (Å²) in [5.74, 6) is -1.29. The van der Waals surface area contributed by atoms with Gasteiger partial charge in [0.15, 0.2) is 0 Å². The van der Waals surface area contributed by atoms with Crippen LogP contribution in [0.15, 0.2) is 103 Å². The minimum atomic E-state index is -1.21. The molecule has 3 fully saturated rings. The van der Waals surface area contributed by atoms with Crippen molar-refractivity contribution < 1.29 is 38.2 Å². The molecule has 5 aromatic rings. The molecule has 6 atom stereocenters. The number of ether oxygens (including phenoxy) is 3. The van der Waals surface area contributed by atoms with E-state index in [0.29, 0.717) is 40.1 Å². The zero-order valence-electron chi connectivity index (χ0n) is 43.4. The van der Waals surface area contributed by atoms with Crippen LogP contribution in [-0.2, 0) is 66.4 Å². The van der Waals surface area contributed by atoms with Crippen LogP contribution in [0.1, 0.15) is 61.5 Å². The fourth-order valence-electron chi connectivity index (χ4n) is 10.4. The molecule has 3 aliphatic heterocycles. The van der Waals surface area contributed by atoms with E-state index in [1.807, 2.05) is 80.0 Å². The lowest BCUT2D eigenvalue weighted by Crippen LogP contribution is -2.60. The number of methoxy groups -OCH3 is 1. The molecule has 0 saturated carbocycles. The number of hydrogen-bond donors (Lipinski definition) is 2. The first-order valence-electron chi connectivity index (χ1n) is 25.7. The van der Waals surface area contributed by atoms with Crippen LogP contribution in [0.25, 0.3) is 11.3 Å². The van der Waals surface area contributed by atoms with Crippen molar-refractivity contribution in [1.29, 1.82) is 0 Å². The number of hydrogen-bond acceptors (Lipinski definition) is 10. The molecule has 8 rings (SSSR count). The lowest BCUT2D eigenvalue weighted by molar-refractivity contribution is -0.148. The zero-order valence-corrected chi connectivity index (χ0v) is 44.9. The fraction of sp³-hybridized carbons (Fsp3) is 0.439. The third kappa shape index (κ3) is 14.0. The van der Waals surface area contributed by atoms with Gasteiger partial charge in [0.05, 0.1) is 56.2 Å². The number of benzene rings is 4. The fourth-order valence-corrected chi connectivity index (χ4v) is 10.7. The van der Waals surface area contributed by atoms with Gasteiger partial charge in [-0.2, -0.15) is 0 Å². The van der Waals surface area contributed by atoms with Gasteiger partial charge in [0.2, 0.25) is 29.5 Å². The highest BCUT2D eigenvalue weighted by molar-refractivity contribution is 6.31. The van der Waals surface area contributed by atoms with Crippen LogP contribution in [0.3, 0.4) is 0 Å². The van der Waals surface area contributed by atoms with E-state index in [0.717, 1.165) is 47.8 Å². The maximum Gasteiger partial charge on any atom is 0.247 e. The van der Waals surface area contributed by atoms with Gasteiger partial charge >= 0.3 is 0 Å². The van der Waals surface area contributed by atoms with Crippen molar-refractivity contribution in [1.82, 2.24) is 39.8 Å². The van der Waals surface area contributed by atoms with Crippen LogP contribution >= 0.6 is 23.2 Å². The second-order valence-corrected chi connectivity index (χ2v) is 20.8. The Morgan fingerprint density at radius 1 is 0.773 bits per heavy atom. The van der Waals surface area contributed by atoms with Gasteiger partial charge in [-0.15, -0.1) is 0 Å². The number of likely N-dealkylation sites (tertiary alicyclic amines) is 1. The summed E-state index contributed by atoms with van der Waals surface area (Å²) < 4.78 is 20.1. The number of amides is 5. The standard InChI is InChI=1S/C57H68Cl2N8O8/c1-37-55(70)62-48(35-73-5)57(72)63(2)45(28-39-13-18-43(58)19-14-39)31-53(68)61-47-36-74-26-23-49(47)65(4)56(71)42(27-38-11-7-6-8-12-38)29-54(69)67(37)33-41-15-20-44(59)30-51(41)75-46-21-16-40(17-22-46)50-32-60-52(64(50)3)34-66-24-9-10-25-66/h6-8,11-22,30,32,37,42,45,47-49H,9-10,23-29,31,33-36H2,1-5H3,(H,61,68)(H,62,70)/t37-,42+,45-,47-,48-,49-/m0/s1. The summed E-state index contributed by atoms with van der Waals surface area (Å²) in [5.41, 5.74) is 4.14. The summed E-state index contributed by atoms with van der Waals surface area (Å²) in [6.07, 6.45) is 4.85. The molecule has 0 bridgehead atoms. The number of fused-ring (bicyclic) bond motifs is 1. The smallest absolute Gasteiger partial charge is 0.247 e. The number of rotatable bonds is 13. The maximum atomic E-state index is 15.3. The van der Waals surface area contributed by atoms with Gasteiger partial charge in [-0.25, -0.2) is 4.98 Å². The van der Waals surface area contributed by atoms with Crippen LogP contribution in [0.2, 0.25) is 10.0 Å². The molecule has 0 unspecified atom stereocenters. The van der Waals surface area contributed by atoms with Gasteiger partial charge in [0.1, 0.15) is 29.4 Å². The number of nitrogens with one attached hydrogen (secondary N) is 2. The van der Waals surface area contributed by atoms with Crippen LogP contribution in [-0.4, -0.2) is 143 Å². The third-order valence-corrected chi connectivity index (χ3v) is 15.3. The monoisotopic (exact) mass is 1060 g/mol. The average molecular weight is 1060 g/mol. The van der Waals surface area contributed by atoms with Gasteiger partial charge in [-0.3, -0.25) is 28.9 Å². The Kier molecular flexibility index (Phi) is 18.7. The van der Waals surface area contributed by atoms with Crippen LogP contribution in [0.5, 0.6) is 11.5 Å². The molecule has 398 valence electrons. The van der Waals surface area contributed by atoms with Crippen LogP contribution < -0.4 is 15.4 Å². The predicted octanol–water partition coefficient (Wildman–Crippen LogP) is 7.08. The number of carbonyl (C=O) groups is 5. The molecule has 1 aromatic heterocycles. The number of likely N-dealkylation sites (N-methyl/N-ethyl adjacent to an activating group) is 2. The Labute approximate surface area is 449 Å². The molecule has 0 aliphatic carbocycles. The van der Waals surface area contributed by atoms with E-state index in [1.54, 1.807) is 56.3 Å². The summed E-state index contributed by atoms with van der Waals surface area (Å²) in [5, 5.41) is 6.94. The Hall–Kier alpha value is -6.30. The maximum absolute atomic E-state index is 15.3. The molecule has 16 nitrogen and oxygen atoms in total. The molecule has 0 radical (unpaired) electrons. The summed E-state index contributed by atoms with van der Waals surface area (Å²) in [6.45, 7) is 4.71. The predicted molar refractivity (Wildman–Crippen MR) is 287 cm³/mol. The minimum absolute atomic E-state index is 0.103.